The van der Waals surface area contributed by atoms with Crippen molar-refractivity contribution >= 4 is 45.8 Å². The first-order valence-electron chi connectivity index (χ1n) is 8.25. The number of para-hydroxylation sites is 1. The van der Waals surface area contributed by atoms with Gasteiger partial charge in [0.05, 0.1) is 35.5 Å². The molecule has 0 aliphatic carbocycles. The van der Waals surface area contributed by atoms with Gasteiger partial charge in [0.15, 0.2) is 0 Å². The fourth-order valence-electron chi connectivity index (χ4n) is 2.64. The normalized spacial score (nSPS) is 10.5. The maximum Gasteiger partial charge on any atom is 0.341 e. The molecule has 3 aromatic rings. The number of halogens is 1. The first-order valence-corrected chi connectivity index (χ1v) is 8.62. The summed E-state index contributed by atoms with van der Waals surface area (Å²) in [5.74, 6) is -0.907. The van der Waals surface area contributed by atoms with Gasteiger partial charge < -0.3 is 14.8 Å². The minimum Gasteiger partial charge on any atom is -0.465 e. The van der Waals surface area contributed by atoms with Crippen LogP contribution in [0.2, 0.25) is 5.02 Å². The zero-order valence-electron chi connectivity index (χ0n) is 14.8. The summed E-state index contributed by atoms with van der Waals surface area (Å²) in [5, 5.41) is 4.38. The van der Waals surface area contributed by atoms with Gasteiger partial charge in [-0.2, -0.15) is 0 Å². The fourth-order valence-corrected chi connectivity index (χ4v) is 2.86. The van der Waals surface area contributed by atoms with Gasteiger partial charge in [-0.1, -0.05) is 23.7 Å². The maximum atomic E-state index is 12.4. The Balaban J connectivity index is 2.07. The zero-order valence-corrected chi connectivity index (χ0v) is 15.5. The van der Waals surface area contributed by atoms with Crippen LogP contribution in [0, 0.1) is 0 Å². The van der Waals surface area contributed by atoms with E-state index in [-0.39, 0.29) is 6.61 Å². The second kappa shape index (κ2) is 8.05. The predicted molar refractivity (Wildman–Crippen MR) is 104 cm³/mol. The predicted octanol–water partition coefficient (Wildman–Crippen LogP) is 4.60. The number of fused-ring (bicyclic) bond motifs is 1. The Morgan fingerprint density at radius 3 is 2.52 bits per heavy atom. The van der Waals surface area contributed by atoms with Gasteiger partial charge in [0.2, 0.25) is 0 Å². The molecule has 0 spiro atoms. The summed E-state index contributed by atoms with van der Waals surface area (Å²) >= 11 is 6.24. The molecule has 0 aliphatic rings. The minimum atomic E-state index is -0.486. The topological polar surface area (TPSA) is 77.5 Å². The first-order chi connectivity index (χ1) is 13.0. The number of carbonyl (C=O) groups excluding carboxylic acids is 2. The highest BCUT2D eigenvalue weighted by Crippen LogP contribution is 2.32. The molecule has 0 bridgehead atoms. The third-order valence-electron chi connectivity index (χ3n) is 3.92. The molecule has 6 nitrogen and oxygen atoms in total. The molecule has 1 N–H and O–H groups in total. The molecule has 0 fully saturated rings. The van der Waals surface area contributed by atoms with Crippen LogP contribution in [-0.2, 0) is 9.47 Å². The number of carbonyl (C=O) groups is 2. The minimum absolute atomic E-state index is 0.250. The van der Waals surface area contributed by atoms with Gasteiger partial charge >= 0.3 is 11.9 Å². The zero-order chi connectivity index (χ0) is 19.4. The van der Waals surface area contributed by atoms with Gasteiger partial charge in [-0.15, -0.1) is 0 Å². The van der Waals surface area contributed by atoms with Crippen molar-refractivity contribution in [3.63, 3.8) is 0 Å². The van der Waals surface area contributed by atoms with Gasteiger partial charge in [-0.05, 0) is 37.3 Å². The lowest BCUT2D eigenvalue weighted by molar-refractivity contribution is 0.0526. The molecule has 0 amide bonds. The van der Waals surface area contributed by atoms with Crippen molar-refractivity contribution in [1.29, 1.82) is 0 Å². The van der Waals surface area contributed by atoms with Crippen molar-refractivity contribution in [3.05, 3.63) is 64.8 Å². The van der Waals surface area contributed by atoms with Crippen molar-refractivity contribution in [2.75, 3.05) is 19.0 Å². The molecular weight excluding hydrogens is 368 g/mol. The Morgan fingerprint density at radius 2 is 1.85 bits per heavy atom. The highest BCUT2D eigenvalue weighted by Gasteiger charge is 2.18. The van der Waals surface area contributed by atoms with Crippen molar-refractivity contribution < 1.29 is 19.1 Å². The Bertz CT molecular complexity index is 1000. The molecule has 1 aromatic heterocycles. The van der Waals surface area contributed by atoms with Crippen molar-refractivity contribution in [3.8, 4) is 0 Å². The number of aromatic nitrogens is 1. The number of nitrogens with one attached hydrogen (secondary N) is 1. The highest BCUT2D eigenvalue weighted by atomic mass is 35.5. The van der Waals surface area contributed by atoms with Gasteiger partial charge in [-0.3, -0.25) is 4.98 Å². The van der Waals surface area contributed by atoms with Gasteiger partial charge in [0.1, 0.15) is 5.56 Å². The third kappa shape index (κ3) is 3.85. The van der Waals surface area contributed by atoms with Crippen molar-refractivity contribution in [1.82, 2.24) is 4.98 Å². The molecule has 1 heterocycles. The van der Waals surface area contributed by atoms with Crippen LogP contribution in [-0.4, -0.2) is 30.6 Å². The Kier molecular flexibility index (Phi) is 5.57. The number of hydrogen-bond donors (Lipinski definition) is 1. The van der Waals surface area contributed by atoms with Crippen LogP contribution in [0.5, 0.6) is 0 Å². The molecule has 0 aliphatic heterocycles. The van der Waals surface area contributed by atoms with E-state index in [0.717, 1.165) is 0 Å². The van der Waals surface area contributed by atoms with Gasteiger partial charge in [-0.25, -0.2) is 9.59 Å². The molecule has 2 aromatic carbocycles. The van der Waals surface area contributed by atoms with Crippen LogP contribution in [0.4, 0.5) is 11.4 Å². The summed E-state index contributed by atoms with van der Waals surface area (Å²) in [4.78, 5) is 28.3. The van der Waals surface area contributed by atoms with Crippen LogP contribution >= 0.6 is 11.6 Å². The lowest BCUT2D eigenvalue weighted by Crippen LogP contribution is -2.09. The summed E-state index contributed by atoms with van der Waals surface area (Å²) in [6, 6.07) is 12.0. The Morgan fingerprint density at radius 1 is 1.11 bits per heavy atom. The Labute approximate surface area is 161 Å². The first kappa shape index (κ1) is 18.7. The number of pyridine rings is 1. The SMILES string of the molecule is CCOC(=O)c1cnc2c(Cl)cccc2c1Nc1ccc(C(=O)OC)cc1. The molecule has 27 heavy (non-hydrogen) atoms. The van der Waals surface area contributed by atoms with Crippen LogP contribution in [0.15, 0.2) is 48.7 Å². The van der Waals surface area contributed by atoms with E-state index < -0.39 is 11.9 Å². The fraction of sp³-hybridized carbons (Fsp3) is 0.150. The standard InChI is InChI=1S/C20H17ClN2O4/c1-3-27-20(25)15-11-22-18-14(5-4-6-16(18)21)17(15)23-13-9-7-12(8-10-13)19(24)26-2/h4-11H,3H2,1-2H3,(H,22,23). The van der Waals surface area contributed by atoms with Crippen LogP contribution in [0.1, 0.15) is 27.6 Å². The molecule has 138 valence electrons. The summed E-state index contributed by atoms with van der Waals surface area (Å²) < 4.78 is 9.84. The Hall–Kier alpha value is -3.12. The average molecular weight is 385 g/mol. The maximum absolute atomic E-state index is 12.4. The number of ether oxygens (including phenoxy) is 2. The van der Waals surface area contributed by atoms with E-state index in [1.54, 1.807) is 43.3 Å². The molecule has 3 rings (SSSR count). The number of anilines is 2. The van der Waals surface area contributed by atoms with E-state index in [1.807, 2.05) is 6.07 Å². The van der Waals surface area contributed by atoms with E-state index >= 15 is 0 Å². The number of hydrogen-bond acceptors (Lipinski definition) is 6. The number of rotatable bonds is 5. The summed E-state index contributed by atoms with van der Waals surface area (Å²) in [7, 11) is 1.33. The lowest BCUT2D eigenvalue weighted by atomic mass is 10.1. The van der Waals surface area contributed by atoms with E-state index in [9.17, 15) is 9.59 Å². The number of esters is 2. The van der Waals surface area contributed by atoms with E-state index in [4.69, 9.17) is 21.1 Å². The van der Waals surface area contributed by atoms with Gasteiger partial charge in [0.25, 0.3) is 0 Å². The molecular formula is C20H17ClN2O4. The molecule has 7 heteroatoms. The number of methoxy groups -OCH3 is 1. The molecule has 0 unspecified atom stereocenters. The van der Waals surface area contributed by atoms with Crippen LogP contribution in [0.3, 0.4) is 0 Å². The monoisotopic (exact) mass is 384 g/mol. The molecule has 0 saturated heterocycles. The summed E-state index contributed by atoms with van der Waals surface area (Å²) in [6.45, 7) is 1.99. The molecule has 0 saturated carbocycles. The van der Waals surface area contributed by atoms with Crippen molar-refractivity contribution in [2.24, 2.45) is 0 Å². The third-order valence-corrected chi connectivity index (χ3v) is 4.22. The largest absolute Gasteiger partial charge is 0.465 e. The van der Waals surface area contributed by atoms with E-state index in [0.29, 0.717) is 38.4 Å². The molecule has 0 radical (unpaired) electrons. The van der Waals surface area contributed by atoms with Gasteiger partial charge in [0, 0.05) is 17.3 Å². The second-order valence-corrected chi connectivity index (χ2v) is 6.00. The van der Waals surface area contributed by atoms with Crippen LogP contribution < -0.4 is 5.32 Å². The quantitative estimate of drug-likeness (QED) is 0.648. The summed E-state index contributed by atoms with van der Waals surface area (Å²) in [6.07, 6.45) is 1.44. The smallest absolute Gasteiger partial charge is 0.341 e. The highest BCUT2D eigenvalue weighted by molar-refractivity contribution is 6.35. The van der Waals surface area contributed by atoms with Crippen LogP contribution in [0.25, 0.3) is 10.9 Å². The number of benzene rings is 2. The second-order valence-electron chi connectivity index (χ2n) is 5.60. The van der Waals surface area contributed by atoms with E-state index in [2.05, 4.69) is 10.3 Å². The summed E-state index contributed by atoms with van der Waals surface area (Å²) in [5.41, 5.74) is 2.51. The number of nitrogens with zero attached hydrogens (tertiary/aromatic N) is 1. The van der Waals surface area contributed by atoms with Crippen molar-refractivity contribution in [2.45, 2.75) is 6.92 Å². The average Bonchev–Trinajstić information content (AvgIpc) is 2.68. The molecule has 0 atom stereocenters. The van der Waals surface area contributed by atoms with E-state index in [1.165, 1.54) is 13.3 Å². The lowest BCUT2D eigenvalue weighted by Gasteiger charge is -2.15.